The zero-order valence-electron chi connectivity index (χ0n) is 14.0. The fraction of sp³-hybridized carbons (Fsp3) is 0.263. The molecule has 6 nitrogen and oxygen atoms in total. The van der Waals surface area contributed by atoms with Crippen LogP contribution in [0.25, 0.3) is 0 Å². The van der Waals surface area contributed by atoms with Crippen molar-refractivity contribution in [2.24, 2.45) is 0 Å². The Kier molecular flexibility index (Phi) is 4.61. The molecular formula is C19H19NO5. The van der Waals surface area contributed by atoms with E-state index in [1.54, 1.807) is 30.3 Å². The van der Waals surface area contributed by atoms with E-state index in [9.17, 15) is 14.7 Å². The second-order valence-electron chi connectivity index (χ2n) is 5.92. The maximum atomic E-state index is 12.6. The van der Waals surface area contributed by atoms with Crippen molar-refractivity contribution >= 4 is 11.9 Å². The second-order valence-corrected chi connectivity index (χ2v) is 5.92. The Morgan fingerprint density at radius 3 is 2.56 bits per heavy atom. The van der Waals surface area contributed by atoms with Crippen LogP contribution in [0.5, 0.6) is 11.5 Å². The van der Waals surface area contributed by atoms with Crippen molar-refractivity contribution < 1.29 is 24.2 Å². The largest absolute Gasteiger partial charge is 0.486 e. The number of benzene rings is 2. The molecule has 6 heteroatoms. The van der Waals surface area contributed by atoms with Gasteiger partial charge in [0, 0.05) is 0 Å². The molecule has 1 aliphatic rings. The minimum absolute atomic E-state index is 0.257. The Balaban J connectivity index is 1.89. The molecule has 25 heavy (non-hydrogen) atoms. The molecule has 0 aromatic heterocycles. The standard InChI is InChI=1S/C19H19NO5/c1-11-6-7-13(10-12(11)2)16(19(22)23)20-18(21)14-4-3-5-15-17(14)25-9-8-24-15/h3-7,10,16H,8-9H2,1-2H3,(H,20,21)(H,22,23). The van der Waals surface area contributed by atoms with E-state index in [0.717, 1.165) is 11.1 Å². The van der Waals surface area contributed by atoms with E-state index in [-0.39, 0.29) is 5.56 Å². The summed E-state index contributed by atoms with van der Waals surface area (Å²) in [6.45, 7) is 4.61. The molecule has 130 valence electrons. The molecule has 2 aromatic carbocycles. The highest BCUT2D eigenvalue weighted by Crippen LogP contribution is 2.33. The van der Waals surface area contributed by atoms with E-state index in [2.05, 4.69) is 5.32 Å². The van der Waals surface area contributed by atoms with Gasteiger partial charge in [0.2, 0.25) is 0 Å². The van der Waals surface area contributed by atoms with E-state index in [1.807, 2.05) is 19.9 Å². The zero-order chi connectivity index (χ0) is 18.0. The van der Waals surface area contributed by atoms with Gasteiger partial charge in [-0.05, 0) is 42.7 Å². The maximum absolute atomic E-state index is 12.6. The lowest BCUT2D eigenvalue weighted by Crippen LogP contribution is -2.34. The highest BCUT2D eigenvalue weighted by Gasteiger charge is 2.26. The van der Waals surface area contributed by atoms with E-state index >= 15 is 0 Å². The van der Waals surface area contributed by atoms with Gasteiger partial charge < -0.3 is 19.9 Å². The van der Waals surface area contributed by atoms with E-state index in [4.69, 9.17) is 9.47 Å². The number of fused-ring (bicyclic) bond motifs is 1. The SMILES string of the molecule is Cc1ccc(C(NC(=O)c2cccc3c2OCCO3)C(=O)O)cc1C. The maximum Gasteiger partial charge on any atom is 0.330 e. The molecule has 0 bridgehead atoms. The number of hydrogen-bond acceptors (Lipinski definition) is 4. The molecule has 1 unspecified atom stereocenters. The Morgan fingerprint density at radius 2 is 1.84 bits per heavy atom. The Labute approximate surface area is 145 Å². The molecule has 1 aliphatic heterocycles. The van der Waals surface area contributed by atoms with E-state index in [1.165, 1.54) is 0 Å². The molecule has 1 atom stereocenters. The highest BCUT2D eigenvalue weighted by molar-refractivity contribution is 6.00. The average Bonchev–Trinajstić information content (AvgIpc) is 2.61. The lowest BCUT2D eigenvalue weighted by molar-refractivity contribution is -0.139. The third-order valence-corrected chi connectivity index (χ3v) is 4.20. The normalized spacial score (nSPS) is 13.8. The highest BCUT2D eigenvalue weighted by atomic mass is 16.6. The molecular weight excluding hydrogens is 322 g/mol. The molecule has 3 rings (SSSR count). The first-order valence-corrected chi connectivity index (χ1v) is 7.97. The summed E-state index contributed by atoms with van der Waals surface area (Å²) >= 11 is 0. The minimum atomic E-state index is -1.15. The second kappa shape index (κ2) is 6.84. The van der Waals surface area contributed by atoms with Gasteiger partial charge in [0.1, 0.15) is 13.2 Å². The summed E-state index contributed by atoms with van der Waals surface area (Å²) in [4.78, 5) is 24.3. The Bertz CT molecular complexity index is 831. The topological polar surface area (TPSA) is 84.9 Å². The Hall–Kier alpha value is -3.02. The van der Waals surface area contributed by atoms with Gasteiger partial charge in [-0.25, -0.2) is 4.79 Å². The van der Waals surface area contributed by atoms with Crippen LogP contribution < -0.4 is 14.8 Å². The van der Waals surface area contributed by atoms with Crippen LogP contribution in [0.2, 0.25) is 0 Å². The summed E-state index contributed by atoms with van der Waals surface area (Å²) < 4.78 is 11.0. The number of hydrogen-bond donors (Lipinski definition) is 2. The number of ether oxygens (including phenoxy) is 2. The number of carbonyl (C=O) groups is 2. The predicted molar refractivity (Wildman–Crippen MR) is 91.2 cm³/mol. The summed E-state index contributed by atoms with van der Waals surface area (Å²) in [6, 6.07) is 9.15. The molecule has 0 saturated carbocycles. The number of nitrogens with one attached hydrogen (secondary N) is 1. The van der Waals surface area contributed by atoms with Gasteiger partial charge in [0.15, 0.2) is 17.5 Å². The van der Waals surface area contributed by atoms with Crippen LogP contribution in [-0.4, -0.2) is 30.2 Å². The molecule has 0 fully saturated rings. The third-order valence-electron chi connectivity index (χ3n) is 4.20. The summed E-state index contributed by atoms with van der Waals surface area (Å²) in [5.74, 6) is -0.820. The first-order valence-electron chi connectivity index (χ1n) is 7.97. The van der Waals surface area contributed by atoms with Crippen molar-refractivity contribution in [2.45, 2.75) is 19.9 Å². The van der Waals surface area contributed by atoms with Crippen LogP contribution in [-0.2, 0) is 4.79 Å². The van der Waals surface area contributed by atoms with Crippen molar-refractivity contribution in [2.75, 3.05) is 13.2 Å². The van der Waals surface area contributed by atoms with Crippen molar-refractivity contribution in [3.63, 3.8) is 0 Å². The molecule has 2 N–H and O–H groups in total. The van der Waals surface area contributed by atoms with E-state index < -0.39 is 17.9 Å². The fourth-order valence-corrected chi connectivity index (χ4v) is 2.69. The van der Waals surface area contributed by atoms with Crippen LogP contribution in [0.1, 0.15) is 33.1 Å². The number of carboxylic acids is 1. The van der Waals surface area contributed by atoms with Crippen LogP contribution >= 0.6 is 0 Å². The van der Waals surface area contributed by atoms with Crippen molar-refractivity contribution in [3.8, 4) is 11.5 Å². The summed E-state index contributed by atoms with van der Waals surface area (Å²) in [5.41, 5.74) is 2.80. The average molecular weight is 341 g/mol. The van der Waals surface area contributed by atoms with Gasteiger partial charge in [0.05, 0.1) is 5.56 Å². The van der Waals surface area contributed by atoms with Crippen molar-refractivity contribution in [1.29, 1.82) is 0 Å². The monoisotopic (exact) mass is 341 g/mol. The molecule has 0 spiro atoms. The number of aryl methyl sites for hydroxylation is 2. The molecule has 0 radical (unpaired) electrons. The summed E-state index contributed by atoms with van der Waals surface area (Å²) in [6.07, 6.45) is 0. The van der Waals surface area contributed by atoms with Gasteiger partial charge in [0.25, 0.3) is 5.91 Å². The minimum Gasteiger partial charge on any atom is -0.486 e. The molecule has 0 aliphatic carbocycles. The third kappa shape index (κ3) is 3.42. The van der Waals surface area contributed by atoms with Crippen LogP contribution in [0.15, 0.2) is 36.4 Å². The summed E-state index contributed by atoms with van der Waals surface area (Å²) in [5, 5.41) is 12.1. The van der Waals surface area contributed by atoms with Crippen LogP contribution in [0, 0.1) is 13.8 Å². The smallest absolute Gasteiger partial charge is 0.330 e. The molecule has 1 heterocycles. The van der Waals surface area contributed by atoms with Crippen LogP contribution in [0.4, 0.5) is 0 Å². The van der Waals surface area contributed by atoms with E-state index in [0.29, 0.717) is 30.3 Å². The fourth-order valence-electron chi connectivity index (χ4n) is 2.69. The van der Waals surface area contributed by atoms with Gasteiger partial charge in [-0.1, -0.05) is 24.3 Å². The van der Waals surface area contributed by atoms with Crippen molar-refractivity contribution in [3.05, 3.63) is 58.7 Å². The zero-order valence-corrected chi connectivity index (χ0v) is 14.0. The summed E-state index contributed by atoms with van der Waals surface area (Å²) in [7, 11) is 0. The first-order chi connectivity index (χ1) is 12.0. The quantitative estimate of drug-likeness (QED) is 0.893. The number of aliphatic carboxylic acids is 1. The van der Waals surface area contributed by atoms with Gasteiger partial charge >= 0.3 is 5.97 Å². The van der Waals surface area contributed by atoms with Gasteiger partial charge in [-0.15, -0.1) is 0 Å². The van der Waals surface area contributed by atoms with Gasteiger partial charge in [-0.2, -0.15) is 0 Å². The lowest BCUT2D eigenvalue weighted by atomic mass is 10.0. The predicted octanol–water partition coefficient (Wildman–Crippen LogP) is 2.63. The number of amides is 1. The molecule has 0 saturated heterocycles. The number of carbonyl (C=O) groups excluding carboxylic acids is 1. The van der Waals surface area contributed by atoms with Gasteiger partial charge in [-0.3, -0.25) is 4.79 Å². The van der Waals surface area contributed by atoms with Crippen LogP contribution in [0.3, 0.4) is 0 Å². The number of carboxylic acid groups (broad SMARTS) is 1. The number of rotatable bonds is 4. The first kappa shape index (κ1) is 16.8. The lowest BCUT2D eigenvalue weighted by Gasteiger charge is -2.22. The molecule has 2 aromatic rings. The molecule has 1 amide bonds. The van der Waals surface area contributed by atoms with Crippen molar-refractivity contribution in [1.82, 2.24) is 5.32 Å². The number of para-hydroxylation sites is 1. The Morgan fingerprint density at radius 1 is 1.08 bits per heavy atom.